The van der Waals surface area contributed by atoms with Crippen LogP contribution in [-0.2, 0) is 0 Å². The molecule has 0 saturated carbocycles. The second-order valence-electron chi connectivity index (χ2n) is 8.61. The molecule has 188 valence electrons. The van der Waals surface area contributed by atoms with Crippen LogP contribution in [-0.4, -0.2) is 31.7 Å². The summed E-state index contributed by atoms with van der Waals surface area (Å²) in [5, 5.41) is 3.05. The van der Waals surface area contributed by atoms with Crippen LogP contribution in [0.3, 0.4) is 0 Å². The Kier molecular flexibility index (Phi) is 8.61. The summed E-state index contributed by atoms with van der Waals surface area (Å²) >= 11 is 0. The molecule has 0 aliphatic carbocycles. The topological polar surface area (TPSA) is 50.8 Å². The number of methoxy groups -OCH3 is 2. The number of hydrogen-bond acceptors (Lipinski definition) is 3. The minimum Gasteiger partial charge on any atom is -0.497 e. The van der Waals surface area contributed by atoms with E-state index in [0.29, 0.717) is 12.2 Å². The van der Waals surface area contributed by atoms with Crippen LogP contribution in [0.5, 0.6) is 11.5 Å². The van der Waals surface area contributed by atoms with Crippen LogP contribution < -0.4 is 14.8 Å². The number of amides is 2. The summed E-state index contributed by atoms with van der Waals surface area (Å²) in [7, 11) is 3.27. The molecule has 37 heavy (non-hydrogen) atoms. The van der Waals surface area contributed by atoms with Gasteiger partial charge in [-0.15, -0.1) is 0 Å². The van der Waals surface area contributed by atoms with E-state index in [1.54, 1.807) is 14.2 Å². The molecule has 0 unspecified atom stereocenters. The van der Waals surface area contributed by atoms with Gasteiger partial charge in [0.2, 0.25) is 0 Å². The summed E-state index contributed by atoms with van der Waals surface area (Å²) in [6, 6.07) is 35.3. The molecule has 4 rings (SSSR count). The molecule has 0 radical (unpaired) electrons. The lowest BCUT2D eigenvalue weighted by Gasteiger charge is -2.29. The molecule has 0 aliphatic rings. The van der Waals surface area contributed by atoms with Crippen molar-refractivity contribution in [3.05, 3.63) is 132 Å². The summed E-state index contributed by atoms with van der Waals surface area (Å²) in [5.74, 6) is 1.51. The summed E-state index contributed by atoms with van der Waals surface area (Å²) in [4.78, 5) is 15.5. The summed E-state index contributed by atoms with van der Waals surface area (Å²) in [6.45, 7) is 2.45. The van der Waals surface area contributed by atoms with E-state index in [9.17, 15) is 4.79 Å². The van der Waals surface area contributed by atoms with Gasteiger partial charge in [0.15, 0.2) is 0 Å². The van der Waals surface area contributed by atoms with Gasteiger partial charge in [-0.25, -0.2) is 4.79 Å². The van der Waals surface area contributed by atoms with Crippen molar-refractivity contribution in [3.8, 4) is 11.5 Å². The molecule has 5 nitrogen and oxygen atoms in total. The van der Waals surface area contributed by atoms with Crippen molar-refractivity contribution in [3.63, 3.8) is 0 Å². The Labute approximate surface area is 219 Å². The van der Waals surface area contributed by atoms with Gasteiger partial charge in [-0.05, 0) is 65.6 Å². The number of carbonyl (C=O) groups is 1. The van der Waals surface area contributed by atoms with E-state index in [0.717, 1.165) is 33.8 Å². The van der Waals surface area contributed by atoms with Crippen LogP contribution in [0.25, 0.3) is 5.57 Å². The first kappa shape index (κ1) is 25.6. The Balaban J connectivity index is 1.67. The van der Waals surface area contributed by atoms with Crippen LogP contribution in [0.4, 0.5) is 10.5 Å². The number of anilines is 1. The normalized spacial score (nSPS) is 11.2. The second kappa shape index (κ2) is 12.5. The van der Waals surface area contributed by atoms with Gasteiger partial charge < -0.3 is 19.7 Å². The van der Waals surface area contributed by atoms with Gasteiger partial charge in [0.1, 0.15) is 11.5 Å². The fourth-order valence-electron chi connectivity index (χ4n) is 4.18. The molecule has 0 heterocycles. The van der Waals surface area contributed by atoms with Crippen LogP contribution in [0.15, 0.2) is 115 Å². The molecule has 0 aliphatic heterocycles. The van der Waals surface area contributed by atoms with Crippen molar-refractivity contribution in [2.75, 3.05) is 26.1 Å². The van der Waals surface area contributed by atoms with Crippen molar-refractivity contribution >= 4 is 17.3 Å². The Morgan fingerprint density at radius 3 is 1.73 bits per heavy atom. The lowest BCUT2D eigenvalue weighted by molar-refractivity contribution is 0.200. The maximum absolute atomic E-state index is 13.6. The molecule has 0 saturated heterocycles. The van der Waals surface area contributed by atoms with E-state index in [1.807, 2.05) is 96.8 Å². The number of hydrogen-bond donors (Lipinski definition) is 1. The first-order valence-electron chi connectivity index (χ1n) is 12.3. The van der Waals surface area contributed by atoms with E-state index in [1.165, 1.54) is 0 Å². The molecule has 2 amide bonds. The smallest absolute Gasteiger partial charge is 0.322 e. The lowest BCUT2D eigenvalue weighted by atomic mass is 9.97. The summed E-state index contributed by atoms with van der Waals surface area (Å²) in [5.41, 5.74) is 4.99. The SMILES string of the molecule is COc1ccc(NC(=O)N(CC=C(c2ccccc2)c2ccccc2)[C@H](C)c2ccc(OC)cc2)cc1. The number of benzene rings is 4. The third-order valence-corrected chi connectivity index (χ3v) is 6.33. The van der Waals surface area contributed by atoms with E-state index in [2.05, 4.69) is 35.7 Å². The van der Waals surface area contributed by atoms with Gasteiger partial charge >= 0.3 is 6.03 Å². The van der Waals surface area contributed by atoms with Crippen molar-refractivity contribution in [2.24, 2.45) is 0 Å². The van der Waals surface area contributed by atoms with Gasteiger partial charge in [0.05, 0.1) is 20.3 Å². The van der Waals surface area contributed by atoms with E-state index >= 15 is 0 Å². The molecular weight excluding hydrogens is 460 g/mol. The second-order valence-corrected chi connectivity index (χ2v) is 8.61. The molecule has 0 aromatic heterocycles. The van der Waals surface area contributed by atoms with Gasteiger partial charge in [0, 0.05) is 12.2 Å². The zero-order valence-corrected chi connectivity index (χ0v) is 21.4. The average molecular weight is 493 g/mol. The molecule has 0 fully saturated rings. The van der Waals surface area contributed by atoms with E-state index in [-0.39, 0.29) is 12.1 Å². The zero-order valence-electron chi connectivity index (χ0n) is 21.4. The minimum absolute atomic E-state index is 0.187. The lowest BCUT2D eigenvalue weighted by Crippen LogP contribution is -2.37. The third-order valence-electron chi connectivity index (χ3n) is 6.33. The standard InChI is InChI=1S/C32H32N2O3/c1-24(25-14-18-29(36-2)19-15-25)34(32(35)33-28-16-20-30(37-3)21-17-28)23-22-31(26-10-6-4-7-11-26)27-12-8-5-9-13-27/h4-22,24H,23H2,1-3H3,(H,33,35)/t24-/m1/s1. The molecule has 0 spiro atoms. The Bertz CT molecular complexity index is 1260. The largest absolute Gasteiger partial charge is 0.497 e. The molecule has 5 heteroatoms. The summed E-state index contributed by atoms with van der Waals surface area (Å²) < 4.78 is 10.6. The van der Waals surface area contributed by atoms with E-state index in [4.69, 9.17) is 9.47 Å². The highest BCUT2D eigenvalue weighted by molar-refractivity contribution is 5.90. The Morgan fingerprint density at radius 2 is 1.24 bits per heavy atom. The molecule has 0 bridgehead atoms. The van der Waals surface area contributed by atoms with E-state index < -0.39 is 0 Å². The molecule has 4 aromatic carbocycles. The fourth-order valence-corrected chi connectivity index (χ4v) is 4.18. The quantitative estimate of drug-likeness (QED) is 0.264. The fraction of sp³-hybridized carbons (Fsp3) is 0.156. The first-order chi connectivity index (χ1) is 18.1. The predicted molar refractivity (Wildman–Crippen MR) is 150 cm³/mol. The average Bonchev–Trinajstić information content (AvgIpc) is 2.96. The van der Waals surface area contributed by atoms with Crippen LogP contribution in [0, 0.1) is 0 Å². The van der Waals surface area contributed by atoms with Crippen LogP contribution in [0.2, 0.25) is 0 Å². The Hall–Kier alpha value is -4.51. The number of ether oxygens (including phenoxy) is 2. The third kappa shape index (κ3) is 6.58. The molecule has 1 N–H and O–H groups in total. The monoisotopic (exact) mass is 492 g/mol. The van der Waals surface area contributed by atoms with Crippen molar-refractivity contribution in [1.29, 1.82) is 0 Å². The number of urea groups is 1. The first-order valence-corrected chi connectivity index (χ1v) is 12.3. The number of rotatable bonds is 9. The van der Waals surface area contributed by atoms with Crippen LogP contribution in [0.1, 0.15) is 29.7 Å². The van der Waals surface area contributed by atoms with Crippen LogP contribution >= 0.6 is 0 Å². The van der Waals surface area contributed by atoms with Crippen molar-refractivity contribution < 1.29 is 14.3 Å². The van der Waals surface area contributed by atoms with Crippen molar-refractivity contribution in [2.45, 2.75) is 13.0 Å². The number of nitrogens with zero attached hydrogens (tertiary/aromatic N) is 1. The van der Waals surface area contributed by atoms with Crippen molar-refractivity contribution in [1.82, 2.24) is 4.90 Å². The zero-order chi connectivity index (χ0) is 26.0. The van der Waals surface area contributed by atoms with Gasteiger partial charge in [-0.3, -0.25) is 0 Å². The maximum atomic E-state index is 13.6. The molecule has 1 atom stereocenters. The Morgan fingerprint density at radius 1 is 0.757 bits per heavy atom. The number of carbonyl (C=O) groups excluding carboxylic acids is 1. The molecule has 4 aromatic rings. The highest BCUT2D eigenvalue weighted by Gasteiger charge is 2.22. The predicted octanol–water partition coefficient (Wildman–Crippen LogP) is 7.43. The minimum atomic E-state index is -0.190. The number of nitrogens with one attached hydrogen (secondary N) is 1. The highest BCUT2D eigenvalue weighted by Crippen LogP contribution is 2.27. The maximum Gasteiger partial charge on any atom is 0.322 e. The van der Waals surface area contributed by atoms with Gasteiger partial charge in [-0.2, -0.15) is 0 Å². The van der Waals surface area contributed by atoms with Gasteiger partial charge in [0.25, 0.3) is 0 Å². The molecular formula is C32H32N2O3. The summed E-state index contributed by atoms with van der Waals surface area (Å²) in [6.07, 6.45) is 2.12. The highest BCUT2D eigenvalue weighted by atomic mass is 16.5. The van der Waals surface area contributed by atoms with Gasteiger partial charge in [-0.1, -0.05) is 78.9 Å².